The van der Waals surface area contributed by atoms with E-state index in [0.717, 1.165) is 17.0 Å². The summed E-state index contributed by atoms with van der Waals surface area (Å²) in [5.41, 5.74) is 6.85. The number of rotatable bonds is 7. The molecule has 1 aliphatic heterocycles. The van der Waals surface area contributed by atoms with Gasteiger partial charge in [-0.15, -0.1) is 0 Å². The third kappa shape index (κ3) is 4.01. The number of nitrogens with one attached hydrogen (secondary N) is 2. The lowest BCUT2D eigenvalue weighted by atomic mass is 9.98. The third-order valence-corrected chi connectivity index (χ3v) is 6.06. The lowest BCUT2D eigenvalue weighted by molar-refractivity contribution is 0.136. The Hall–Kier alpha value is -3.51. The van der Waals surface area contributed by atoms with Crippen molar-refractivity contribution in [2.45, 2.75) is 18.4 Å². The molecule has 164 valence electrons. The average Bonchev–Trinajstić information content (AvgIpc) is 3.38. The summed E-state index contributed by atoms with van der Waals surface area (Å²) in [6.07, 6.45) is 0.156. The first-order valence-corrected chi connectivity index (χ1v) is 11.0. The number of carbonyl (C=O) groups is 1. The van der Waals surface area contributed by atoms with E-state index in [-0.39, 0.29) is 18.6 Å². The summed E-state index contributed by atoms with van der Waals surface area (Å²) >= 11 is 0. The SMILES string of the molecule is O=C(NCC1Cc2cc(NCCO)ccc2O1)OCC1c2ccccc2-c2ccccc21. The number of benzene rings is 3. The summed E-state index contributed by atoms with van der Waals surface area (Å²) in [5.74, 6) is 0.879. The second-order valence-electron chi connectivity index (χ2n) is 8.12. The van der Waals surface area contributed by atoms with Crippen molar-refractivity contribution in [3.05, 3.63) is 83.4 Å². The minimum absolute atomic E-state index is 0.0463. The Morgan fingerprint density at radius 3 is 2.47 bits per heavy atom. The van der Waals surface area contributed by atoms with Crippen molar-refractivity contribution in [3.63, 3.8) is 0 Å². The van der Waals surface area contributed by atoms with Crippen LogP contribution in [-0.4, -0.2) is 43.6 Å². The van der Waals surface area contributed by atoms with E-state index in [1.165, 1.54) is 22.3 Å². The van der Waals surface area contributed by atoms with E-state index >= 15 is 0 Å². The van der Waals surface area contributed by atoms with Gasteiger partial charge in [0.15, 0.2) is 0 Å². The molecule has 6 heteroatoms. The summed E-state index contributed by atoms with van der Waals surface area (Å²) in [6.45, 7) is 1.27. The van der Waals surface area contributed by atoms with Gasteiger partial charge in [-0.25, -0.2) is 4.79 Å². The van der Waals surface area contributed by atoms with Gasteiger partial charge in [0.1, 0.15) is 18.5 Å². The van der Waals surface area contributed by atoms with Crippen molar-refractivity contribution < 1.29 is 19.4 Å². The molecule has 3 aromatic carbocycles. The maximum absolute atomic E-state index is 12.4. The predicted octanol–water partition coefficient (Wildman–Crippen LogP) is 3.93. The van der Waals surface area contributed by atoms with Crippen LogP contribution in [0.3, 0.4) is 0 Å². The monoisotopic (exact) mass is 430 g/mol. The summed E-state index contributed by atoms with van der Waals surface area (Å²) in [7, 11) is 0. The second kappa shape index (κ2) is 8.93. The molecule has 0 bridgehead atoms. The highest BCUT2D eigenvalue weighted by Gasteiger charge is 2.29. The van der Waals surface area contributed by atoms with E-state index in [9.17, 15) is 4.79 Å². The molecule has 1 unspecified atom stereocenters. The standard InChI is InChI=1S/C26H26N2O4/c29-12-11-27-18-9-10-25-17(13-18)14-19(32-25)15-28-26(30)31-16-24-22-7-3-1-5-20(22)21-6-2-4-8-23(21)24/h1-10,13,19,24,27,29H,11-12,14-16H2,(H,28,30). The fourth-order valence-corrected chi connectivity index (χ4v) is 4.59. The van der Waals surface area contributed by atoms with Crippen LogP contribution in [0.1, 0.15) is 22.6 Å². The van der Waals surface area contributed by atoms with Crippen molar-refractivity contribution in [2.75, 3.05) is 31.6 Å². The molecule has 0 fully saturated rings. The van der Waals surface area contributed by atoms with E-state index in [4.69, 9.17) is 14.6 Å². The fourth-order valence-electron chi connectivity index (χ4n) is 4.59. The van der Waals surface area contributed by atoms with Crippen LogP contribution in [0.2, 0.25) is 0 Å². The number of ether oxygens (including phenoxy) is 2. The molecule has 0 aromatic heterocycles. The van der Waals surface area contributed by atoms with Crippen molar-refractivity contribution in [3.8, 4) is 16.9 Å². The Morgan fingerprint density at radius 1 is 1.03 bits per heavy atom. The number of hydrogen-bond donors (Lipinski definition) is 3. The quantitative estimate of drug-likeness (QED) is 0.529. The zero-order chi connectivity index (χ0) is 21.9. The Balaban J connectivity index is 1.15. The molecule has 1 atom stereocenters. The molecule has 5 rings (SSSR count). The van der Waals surface area contributed by atoms with Crippen molar-refractivity contribution in [1.29, 1.82) is 0 Å². The Kier molecular flexibility index (Phi) is 5.69. The van der Waals surface area contributed by atoms with Crippen LogP contribution < -0.4 is 15.4 Å². The molecule has 0 saturated heterocycles. The average molecular weight is 431 g/mol. The van der Waals surface area contributed by atoms with Gasteiger partial charge in [0.2, 0.25) is 0 Å². The van der Waals surface area contributed by atoms with Gasteiger partial charge in [0.05, 0.1) is 13.2 Å². The topological polar surface area (TPSA) is 79.8 Å². The predicted molar refractivity (Wildman–Crippen MR) is 123 cm³/mol. The molecule has 0 saturated carbocycles. The van der Waals surface area contributed by atoms with Crippen LogP contribution >= 0.6 is 0 Å². The number of aliphatic hydroxyl groups is 1. The molecular weight excluding hydrogens is 404 g/mol. The normalized spacial score (nSPS) is 16.0. The number of carbonyl (C=O) groups excluding carboxylic acids is 1. The van der Waals surface area contributed by atoms with Gasteiger partial charge in [0, 0.05) is 24.6 Å². The van der Waals surface area contributed by atoms with E-state index in [0.29, 0.717) is 26.1 Å². The van der Waals surface area contributed by atoms with E-state index in [1.807, 2.05) is 42.5 Å². The van der Waals surface area contributed by atoms with Crippen LogP contribution in [0.5, 0.6) is 5.75 Å². The van der Waals surface area contributed by atoms with Gasteiger partial charge in [-0.2, -0.15) is 0 Å². The number of hydrogen-bond acceptors (Lipinski definition) is 5. The minimum atomic E-state index is -0.434. The highest BCUT2D eigenvalue weighted by molar-refractivity contribution is 5.79. The first-order chi connectivity index (χ1) is 15.7. The number of amides is 1. The van der Waals surface area contributed by atoms with Gasteiger partial charge in [0.25, 0.3) is 0 Å². The van der Waals surface area contributed by atoms with E-state index in [1.54, 1.807) is 0 Å². The number of aliphatic hydroxyl groups excluding tert-OH is 1. The lowest BCUT2D eigenvalue weighted by Gasteiger charge is -2.16. The molecular formula is C26H26N2O4. The van der Waals surface area contributed by atoms with Crippen LogP contribution in [0.4, 0.5) is 10.5 Å². The maximum Gasteiger partial charge on any atom is 0.407 e. The number of alkyl carbamates (subject to hydrolysis) is 1. The zero-order valence-corrected chi connectivity index (χ0v) is 17.7. The molecule has 1 aliphatic carbocycles. The summed E-state index contributed by atoms with van der Waals surface area (Å²) < 4.78 is 11.5. The first kappa shape index (κ1) is 20.4. The summed E-state index contributed by atoms with van der Waals surface area (Å²) in [5, 5.41) is 15.0. The van der Waals surface area contributed by atoms with Crippen molar-refractivity contribution in [1.82, 2.24) is 5.32 Å². The minimum Gasteiger partial charge on any atom is -0.488 e. The molecule has 1 heterocycles. The molecule has 3 N–H and O–H groups in total. The lowest BCUT2D eigenvalue weighted by Crippen LogP contribution is -2.35. The number of anilines is 1. The molecule has 1 amide bonds. The van der Waals surface area contributed by atoms with Gasteiger partial charge >= 0.3 is 6.09 Å². The Bertz CT molecular complexity index is 1080. The van der Waals surface area contributed by atoms with Crippen LogP contribution in [0, 0.1) is 0 Å². The molecule has 32 heavy (non-hydrogen) atoms. The molecule has 2 aliphatic rings. The van der Waals surface area contributed by atoms with Crippen LogP contribution in [0.25, 0.3) is 11.1 Å². The Labute approximate surface area is 187 Å². The highest BCUT2D eigenvalue weighted by atomic mass is 16.5. The van der Waals surface area contributed by atoms with Crippen LogP contribution in [-0.2, 0) is 11.2 Å². The molecule has 3 aromatic rings. The van der Waals surface area contributed by atoms with E-state index < -0.39 is 6.09 Å². The third-order valence-electron chi connectivity index (χ3n) is 6.06. The van der Waals surface area contributed by atoms with Crippen molar-refractivity contribution >= 4 is 11.8 Å². The molecule has 0 radical (unpaired) electrons. The summed E-state index contributed by atoms with van der Waals surface area (Å²) in [4.78, 5) is 12.4. The van der Waals surface area contributed by atoms with Gasteiger partial charge in [-0.1, -0.05) is 48.5 Å². The zero-order valence-electron chi connectivity index (χ0n) is 17.7. The maximum atomic E-state index is 12.4. The second-order valence-corrected chi connectivity index (χ2v) is 8.12. The first-order valence-electron chi connectivity index (χ1n) is 11.0. The van der Waals surface area contributed by atoms with Crippen LogP contribution in [0.15, 0.2) is 66.7 Å². The van der Waals surface area contributed by atoms with Crippen molar-refractivity contribution in [2.24, 2.45) is 0 Å². The highest BCUT2D eigenvalue weighted by Crippen LogP contribution is 2.44. The Morgan fingerprint density at radius 2 is 1.75 bits per heavy atom. The smallest absolute Gasteiger partial charge is 0.407 e. The molecule has 0 spiro atoms. The largest absolute Gasteiger partial charge is 0.488 e. The van der Waals surface area contributed by atoms with E-state index in [2.05, 4.69) is 34.9 Å². The fraction of sp³-hybridized carbons (Fsp3) is 0.269. The summed E-state index contributed by atoms with van der Waals surface area (Å²) in [6, 6.07) is 22.4. The van der Waals surface area contributed by atoms with Gasteiger partial charge in [-0.05, 0) is 46.0 Å². The van der Waals surface area contributed by atoms with Gasteiger partial charge in [-0.3, -0.25) is 0 Å². The number of fused-ring (bicyclic) bond motifs is 4. The van der Waals surface area contributed by atoms with Gasteiger partial charge < -0.3 is 25.2 Å². The molecule has 6 nitrogen and oxygen atoms in total.